The van der Waals surface area contributed by atoms with E-state index in [2.05, 4.69) is 15.9 Å². The van der Waals surface area contributed by atoms with E-state index >= 15 is 0 Å². The van der Waals surface area contributed by atoms with Gasteiger partial charge in [-0.1, -0.05) is 0 Å². The van der Waals surface area contributed by atoms with E-state index in [0.717, 1.165) is 18.2 Å². The summed E-state index contributed by atoms with van der Waals surface area (Å²) in [6.45, 7) is -0.0192. The third-order valence-corrected chi connectivity index (χ3v) is 3.29. The van der Waals surface area contributed by atoms with Crippen LogP contribution in [0.3, 0.4) is 0 Å². The second-order valence-corrected chi connectivity index (χ2v) is 4.92. The van der Waals surface area contributed by atoms with E-state index in [1.165, 1.54) is 12.1 Å². The number of non-ortho nitro benzene ring substituents is 1. The van der Waals surface area contributed by atoms with Crippen LogP contribution in [0.1, 0.15) is 5.56 Å². The Labute approximate surface area is 126 Å². The summed E-state index contributed by atoms with van der Waals surface area (Å²) in [4.78, 5) is 10.1. The summed E-state index contributed by atoms with van der Waals surface area (Å²) in [6, 6.07) is 5.76. The van der Waals surface area contributed by atoms with Crippen LogP contribution in [0.2, 0.25) is 0 Å². The summed E-state index contributed by atoms with van der Waals surface area (Å²) in [7, 11) is 0. The molecule has 0 saturated heterocycles. The Hall–Kier alpha value is -2.06. The molecule has 0 radical (unpaired) electrons. The number of nitrogens with two attached hydrogens (primary N) is 1. The third-order valence-electron chi connectivity index (χ3n) is 2.63. The highest BCUT2D eigenvalue weighted by atomic mass is 79.9. The quantitative estimate of drug-likeness (QED) is 0.664. The van der Waals surface area contributed by atoms with Crippen molar-refractivity contribution < 1.29 is 18.4 Å². The highest BCUT2D eigenvalue weighted by molar-refractivity contribution is 9.10. The first kappa shape index (κ1) is 15.3. The van der Waals surface area contributed by atoms with Crippen LogP contribution in [-0.2, 0) is 6.54 Å². The lowest BCUT2D eigenvalue weighted by Gasteiger charge is -2.10. The largest absolute Gasteiger partial charge is 0.450 e. The minimum absolute atomic E-state index is 0.0192. The Balaban J connectivity index is 2.43. The summed E-state index contributed by atoms with van der Waals surface area (Å²) in [6.07, 6.45) is 0. The van der Waals surface area contributed by atoms with Gasteiger partial charge in [-0.15, -0.1) is 0 Å². The van der Waals surface area contributed by atoms with Crippen molar-refractivity contribution in [1.29, 1.82) is 0 Å². The fourth-order valence-corrected chi connectivity index (χ4v) is 1.95. The van der Waals surface area contributed by atoms with Gasteiger partial charge in [-0.25, -0.2) is 8.78 Å². The molecule has 2 aromatic rings. The lowest BCUT2D eigenvalue weighted by atomic mass is 10.2. The SMILES string of the molecule is NCc1cc(F)c(Oc2cc([N+](=O)[O-])ccc2Br)c(F)c1. The first-order valence-electron chi connectivity index (χ1n) is 5.72. The van der Waals surface area contributed by atoms with Crippen molar-refractivity contribution in [2.75, 3.05) is 0 Å². The van der Waals surface area contributed by atoms with E-state index in [9.17, 15) is 18.9 Å². The summed E-state index contributed by atoms with van der Waals surface area (Å²) in [5.41, 5.74) is 5.33. The summed E-state index contributed by atoms with van der Waals surface area (Å²) in [5.74, 6) is -2.58. The number of halogens is 3. The minimum atomic E-state index is -0.936. The number of nitrogens with zero attached hydrogens (tertiary/aromatic N) is 1. The summed E-state index contributed by atoms with van der Waals surface area (Å²) >= 11 is 3.10. The highest BCUT2D eigenvalue weighted by Crippen LogP contribution is 2.35. The molecule has 2 rings (SSSR count). The number of nitro groups is 1. The third kappa shape index (κ3) is 3.34. The highest BCUT2D eigenvalue weighted by Gasteiger charge is 2.17. The van der Waals surface area contributed by atoms with Gasteiger partial charge in [-0.2, -0.15) is 0 Å². The number of rotatable bonds is 4. The first-order chi connectivity index (χ1) is 9.92. The van der Waals surface area contributed by atoms with Crippen LogP contribution in [0.5, 0.6) is 11.5 Å². The van der Waals surface area contributed by atoms with Crippen LogP contribution in [0, 0.1) is 21.7 Å². The van der Waals surface area contributed by atoms with Crippen molar-refractivity contribution in [1.82, 2.24) is 0 Å². The Morgan fingerprint density at radius 2 is 1.86 bits per heavy atom. The molecular formula is C13H9BrF2N2O3. The van der Waals surface area contributed by atoms with E-state index in [4.69, 9.17) is 10.5 Å². The van der Waals surface area contributed by atoms with E-state index in [1.54, 1.807) is 0 Å². The van der Waals surface area contributed by atoms with Gasteiger partial charge < -0.3 is 10.5 Å². The normalized spacial score (nSPS) is 10.5. The zero-order chi connectivity index (χ0) is 15.6. The Morgan fingerprint density at radius 3 is 2.38 bits per heavy atom. The zero-order valence-electron chi connectivity index (χ0n) is 10.5. The van der Waals surface area contributed by atoms with Crippen LogP contribution in [0.4, 0.5) is 14.5 Å². The topological polar surface area (TPSA) is 78.4 Å². The molecule has 0 aliphatic rings. The molecule has 5 nitrogen and oxygen atoms in total. The van der Waals surface area contributed by atoms with E-state index in [0.29, 0.717) is 4.47 Å². The number of hydrogen-bond acceptors (Lipinski definition) is 4. The minimum Gasteiger partial charge on any atom is -0.450 e. The predicted molar refractivity (Wildman–Crippen MR) is 75.1 cm³/mol. The number of benzene rings is 2. The maximum Gasteiger partial charge on any atom is 0.273 e. The maximum absolute atomic E-state index is 13.8. The smallest absolute Gasteiger partial charge is 0.273 e. The molecule has 0 fully saturated rings. The van der Waals surface area contributed by atoms with Gasteiger partial charge in [0.05, 0.1) is 15.5 Å². The molecule has 0 bridgehead atoms. The molecule has 2 aromatic carbocycles. The zero-order valence-corrected chi connectivity index (χ0v) is 12.1. The van der Waals surface area contributed by atoms with Crippen molar-refractivity contribution >= 4 is 21.6 Å². The standard InChI is InChI=1S/C13H9BrF2N2O3/c14-9-2-1-8(18(19)20)5-12(9)21-13-10(15)3-7(6-17)4-11(13)16/h1-5H,6,17H2. The molecule has 0 aromatic heterocycles. The average molecular weight is 359 g/mol. The molecule has 8 heteroatoms. The van der Waals surface area contributed by atoms with E-state index in [-0.39, 0.29) is 23.5 Å². The Bertz CT molecular complexity index is 687. The molecule has 0 saturated carbocycles. The molecule has 0 heterocycles. The Morgan fingerprint density at radius 1 is 1.24 bits per heavy atom. The van der Waals surface area contributed by atoms with Gasteiger partial charge in [0, 0.05) is 12.6 Å². The van der Waals surface area contributed by atoms with Gasteiger partial charge in [-0.3, -0.25) is 10.1 Å². The fraction of sp³-hybridized carbons (Fsp3) is 0.0769. The number of hydrogen-bond donors (Lipinski definition) is 1. The molecule has 0 aliphatic heterocycles. The van der Waals surface area contributed by atoms with Crippen LogP contribution in [0.25, 0.3) is 0 Å². The van der Waals surface area contributed by atoms with Crippen LogP contribution >= 0.6 is 15.9 Å². The molecule has 0 aliphatic carbocycles. The lowest BCUT2D eigenvalue weighted by Crippen LogP contribution is -2.01. The van der Waals surface area contributed by atoms with Crippen LogP contribution in [-0.4, -0.2) is 4.92 Å². The molecule has 110 valence electrons. The van der Waals surface area contributed by atoms with Gasteiger partial charge in [0.15, 0.2) is 17.4 Å². The van der Waals surface area contributed by atoms with Crippen molar-refractivity contribution in [3.63, 3.8) is 0 Å². The van der Waals surface area contributed by atoms with Crippen molar-refractivity contribution in [3.05, 3.63) is 62.1 Å². The Kier molecular flexibility index (Phi) is 4.49. The second-order valence-electron chi connectivity index (χ2n) is 4.07. The molecule has 0 spiro atoms. The van der Waals surface area contributed by atoms with Crippen LogP contribution in [0.15, 0.2) is 34.8 Å². The number of ether oxygens (including phenoxy) is 1. The van der Waals surface area contributed by atoms with Gasteiger partial charge in [0.1, 0.15) is 5.75 Å². The second kappa shape index (κ2) is 6.15. The van der Waals surface area contributed by atoms with Crippen molar-refractivity contribution in [3.8, 4) is 11.5 Å². The summed E-state index contributed by atoms with van der Waals surface area (Å²) < 4.78 is 33.1. The molecule has 0 atom stereocenters. The molecule has 2 N–H and O–H groups in total. The van der Waals surface area contributed by atoms with Gasteiger partial charge in [0.2, 0.25) is 0 Å². The average Bonchev–Trinajstić information content (AvgIpc) is 2.44. The predicted octanol–water partition coefficient (Wildman–Crippen LogP) is 3.89. The van der Waals surface area contributed by atoms with Gasteiger partial charge >= 0.3 is 0 Å². The van der Waals surface area contributed by atoms with E-state index < -0.39 is 22.3 Å². The van der Waals surface area contributed by atoms with E-state index in [1.807, 2.05) is 0 Å². The van der Waals surface area contributed by atoms with Gasteiger partial charge in [0.25, 0.3) is 5.69 Å². The molecule has 21 heavy (non-hydrogen) atoms. The van der Waals surface area contributed by atoms with Crippen LogP contribution < -0.4 is 10.5 Å². The molecular weight excluding hydrogens is 350 g/mol. The first-order valence-corrected chi connectivity index (χ1v) is 6.51. The maximum atomic E-state index is 13.8. The van der Waals surface area contributed by atoms with Crippen molar-refractivity contribution in [2.45, 2.75) is 6.54 Å². The molecule has 0 unspecified atom stereocenters. The van der Waals surface area contributed by atoms with Crippen molar-refractivity contribution in [2.24, 2.45) is 5.73 Å². The number of nitro benzene ring substituents is 1. The molecule has 0 amide bonds. The summed E-state index contributed by atoms with van der Waals surface area (Å²) in [5, 5.41) is 10.7. The van der Waals surface area contributed by atoms with Gasteiger partial charge in [-0.05, 0) is 39.7 Å². The lowest BCUT2D eigenvalue weighted by molar-refractivity contribution is -0.384. The fourth-order valence-electron chi connectivity index (χ4n) is 1.62. The monoisotopic (exact) mass is 358 g/mol.